The van der Waals surface area contributed by atoms with Crippen molar-refractivity contribution in [2.24, 2.45) is 22.7 Å². The van der Waals surface area contributed by atoms with Gasteiger partial charge in [0.2, 0.25) is 0 Å². The minimum atomic E-state index is -2.23. The lowest BCUT2D eigenvalue weighted by atomic mass is 9.44. The number of aliphatic hydroxyl groups excluding tert-OH is 2. The van der Waals surface area contributed by atoms with E-state index in [4.69, 9.17) is 0 Å². The number of fused-ring (bicyclic) bond motifs is 5. The molecular formula is C21H26F2O5. The standard InChI is InChI=1S/C21H26F2O5/c1-18-5-3-11(25)7-14(18)15(22)8-13-12-4-6-20(28,17(27)10-24)19(12,2)9-16(26)21(13,18)23/h3,5,7,12-13,15-16,24,26,28H,4,6,8-10H2,1-2H3/t12?,13?,15-,16?,18?,19?,20?,21-/m0/s1. The fourth-order valence-corrected chi connectivity index (χ4v) is 6.80. The van der Waals surface area contributed by atoms with Gasteiger partial charge in [-0.1, -0.05) is 13.0 Å². The molecule has 6 unspecified atom stereocenters. The lowest BCUT2D eigenvalue weighted by Gasteiger charge is -2.63. The molecule has 0 aromatic rings. The number of hydrogen-bond donors (Lipinski definition) is 3. The van der Waals surface area contributed by atoms with Crippen LogP contribution in [0.4, 0.5) is 8.78 Å². The first-order valence-corrected chi connectivity index (χ1v) is 9.78. The van der Waals surface area contributed by atoms with Gasteiger partial charge in [-0.15, -0.1) is 0 Å². The summed E-state index contributed by atoms with van der Waals surface area (Å²) in [7, 11) is 0. The van der Waals surface area contributed by atoms with Crippen molar-refractivity contribution in [1.82, 2.24) is 0 Å². The molecule has 0 bridgehead atoms. The summed E-state index contributed by atoms with van der Waals surface area (Å²) in [6.45, 7) is 2.29. The number of alkyl halides is 2. The van der Waals surface area contributed by atoms with Crippen molar-refractivity contribution < 1.29 is 33.7 Å². The van der Waals surface area contributed by atoms with Crippen LogP contribution in [0.2, 0.25) is 0 Å². The number of hydrogen-bond acceptors (Lipinski definition) is 5. The van der Waals surface area contributed by atoms with Gasteiger partial charge in [0.1, 0.15) is 18.4 Å². The van der Waals surface area contributed by atoms with Crippen LogP contribution in [0.3, 0.4) is 0 Å². The van der Waals surface area contributed by atoms with E-state index in [0.29, 0.717) is 6.42 Å². The van der Waals surface area contributed by atoms with Crippen LogP contribution in [0, 0.1) is 22.7 Å². The fraction of sp³-hybridized carbons (Fsp3) is 0.714. The number of halogens is 2. The Morgan fingerprint density at radius 2 is 2.00 bits per heavy atom. The second-order valence-electron chi connectivity index (χ2n) is 9.34. The molecule has 0 aromatic heterocycles. The maximum atomic E-state index is 16.7. The molecule has 0 aromatic carbocycles. The van der Waals surface area contributed by atoms with E-state index in [1.807, 2.05) is 0 Å². The smallest absolute Gasteiger partial charge is 0.190 e. The Morgan fingerprint density at radius 1 is 1.32 bits per heavy atom. The summed E-state index contributed by atoms with van der Waals surface area (Å²) in [5, 5.41) is 31.4. The highest BCUT2D eigenvalue weighted by Gasteiger charge is 2.75. The number of aliphatic hydroxyl groups is 3. The normalized spacial score (nSPS) is 52.5. The summed E-state index contributed by atoms with van der Waals surface area (Å²) in [4.78, 5) is 24.1. The molecule has 4 aliphatic rings. The van der Waals surface area contributed by atoms with Crippen molar-refractivity contribution in [3.63, 3.8) is 0 Å². The Balaban J connectivity index is 1.84. The van der Waals surface area contributed by atoms with Gasteiger partial charge in [0.25, 0.3) is 0 Å². The van der Waals surface area contributed by atoms with E-state index in [-0.39, 0.29) is 24.8 Å². The van der Waals surface area contributed by atoms with Crippen LogP contribution in [0.5, 0.6) is 0 Å². The zero-order valence-corrected chi connectivity index (χ0v) is 16.0. The predicted molar refractivity (Wildman–Crippen MR) is 95.7 cm³/mol. The highest BCUT2D eigenvalue weighted by Crippen LogP contribution is 2.69. The molecule has 0 aliphatic heterocycles. The first kappa shape index (κ1) is 19.9. The van der Waals surface area contributed by atoms with E-state index in [2.05, 4.69) is 0 Å². The zero-order valence-electron chi connectivity index (χ0n) is 16.0. The van der Waals surface area contributed by atoms with Gasteiger partial charge < -0.3 is 15.3 Å². The average Bonchev–Trinajstić information content (AvgIpc) is 2.91. The van der Waals surface area contributed by atoms with Gasteiger partial charge in [-0.25, -0.2) is 8.78 Å². The SMILES string of the molecule is CC12CC(O)[C@@]3(F)C(C[C@H](F)C4=CC(=O)C=CC43C)C1CCC2(O)C(=O)CO. The van der Waals surface area contributed by atoms with Crippen LogP contribution >= 0.6 is 0 Å². The molecule has 3 N–H and O–H groups in total. The monoisotopic (exact) mass is 396 g/mol. The van der Waals surface area contributed by atoms with Crippen LogP contribution in [-0.2, 0) is 9.59 Å². The van der Waals surface area contributed by atoms with Gasteiger partial charge in [-0.3, -0.25) is 9.59 Å². The highest BCUT2D eigenvalue weighted by molar-refractivity contribution is 6.01. The largest absolute Gasteiger partial charge is 0.390 e. The summed E-state index contributed by atoms with van der Waals surface area (Å²) in [5.74, 6) is -2.63. The van der Waals surface area contributed by atoms with E-state index < -0.39 is 64.4 Å². The van der Waals surface area contributed by atoms with Gasteiger partial charge in [0, 0.05) is 16.7 Å². The number of carbonyl (C=O) groups excluding carboxylic acids is 2. The minimum Gasteiger partial charge on any atom is -0.390 e. The number of allylic oxidation sites excluding steroid dienone is 4. The number of Topliss-reactive ketones (excluding diaryl/α,β-unsaturated/α-hetero) is 1. The first-order valence-electron chi connectivity index (χ1n) is 9.78. The van der Waals surface area contributed by atoms with Crippen LogP contribution in [0.25, 0.3) is 0 Å². The summed E-state index contributed by atoms with van der Waals surface area (Å²) >= 11 is 0. The topological polar surface area (TPSA) is 94.8 Å². The molecule has 4 rings (SSSR count). The first-order chi connectivity index (χ1) is 13.0. The maximum Gasteiger partial charge on any atom is 0.190 e. The van der Waals surface area contributed by atoms with E-state index in [1.165, 1.54) is 19.1 Å². The lowest BCUT2D eigenvalue weighted by Crippen LogP contribution is -2.70. The van der Waals surface area contributed by atoms with Crippen LogP contribution < -0.4 is 0 Å². The number of carbonyl (C=O) groups is 2. The van der Waals surface area contributed by atoms with E-state index in [0.717, 1.165) is 6.08 Å². The molecular weight excluding hydrogens is 370 g/mol. The van der Waals surface area contributed by atoms with Crippen molar-refractivity contribution >= 4 is 11.6 Å². The minimum absolute atomic E-state index is 0.0392. The molecule has 0 spiro atoms. The van der Waals surface area contributed by atoms with Gasteiger partial charge in [-0.05, 0) is 56.3 Å². The average molecular weight is 396 g/mol. The third-order valence-corrected chi connectivity index (χ3v) is 8.39. The van der Waals surface area contributed by atoms with Crippen molar-refractivity contribution in [1.29, 1.82) is 0 Å². The molecule has 0 radical (unpaired) electrons. The van der Waals surface area contributed by atoms with E-state index in [9.17, 15) is 24.9 Å². The zero-order chi connectivity index (χ0) is 20.7. The molecule has 0 amide bonds. The second-order valence-corrected chi connectivity index (χ2v) is 9.34. The van der Waals surface area contributed by atoms with Crippen molar-refractivity contribution in [2.45, 2.75) is 63.1 Å². The highest BCUT2D eigenvalue weighted by atomic mass is 19.1. The van der Waals surface area contributed by atoms with E-state index in [1.54, 1.807) is 6.92 Å². The van der Waals surface area contributed by atoms with Gasteiger partial charge >= 0.3 is 0 Å². The van der Waals surface area contributed by atoms with Crippen LogP contribution in [0.15, 0.2) is 23.8 Å². The van der Waals surface area contributed by atoms with Crippen LogP contribution in [-0.4, -0.2) is 57.0 Å². The maximum absolute atomic E-state index is 16.7. The lowest BCUT2D eigenvalue weighted by molar-refractivity contribution is -0.221. The summed E-state index contributed by atoms with van der Waals surface area (Å²) in [6, 6.07) is 0. The third kappa shape index (κ3) is 2.05. The predicted octanol–water partition coefficient (Wildman–Crippen LogP) is 1.60. The third-order valence-electron chi connectivity index (χ3n) is 8.39. The van der Waals surface area contributed by atoms with Crippen molar-refractivity contribution in [3.8, 4) is 0 Å². The van der Waals surface area contributed by atoms with Gasteiger partial charge in [0.05, 0.1) is 6.10 Å². The molecule has 3 fully saturated rings. The summed E-state index contributed by atoms with van der Waals surface area (Å²) in [5.41, 5.74) is -6.71. The molecule has 0 heterocycles. The Morgan fingerprint density at radius 3 is 2.64 bits per heavy atom. The molecule has 8 atom stereocenters. The molecule has 28 heavy (non-hydrogen) atoms. The fourth-order valence-electron chi connectivity index (χ4n) is 6.80. The quantitative estimate of drug-likeness (QED) is 0.659. The van der Waals surface area contributed by atoms with Gasteiger partial charge in [0.15, 0.2) is 17.2 Å². The second kappa shape index (κ2) is 5.80. The summed E-state index contributed by atoms with van der Waals surface area (Å²) in [6.07, 6.45) is 0.509. The Labute approximate surface area is 162 Å². The molecule has 154 valence electrons. The summed E-state index contributed by atoms with van der Waals surface area (Å²) < 4.78 is 31.9. The molecule has 0 saturated heterocycles. The molecule has 3 saturated carbocycles. The van der Waals surface area contributed by atoms with Gasteiger partial charge in [-0.2, -0.15) is 0 Å². The Bertz CT molecular complexity index is 809. The number of rotatable bonds is 2. The molecule has 7 heteroatoms. The van der Waals surface area contributed by atoms with Crippen LogP contribution in [0.1, 0.15) is 39.5 Å². The Hall–Kier alpha value is -1.44. The number of ketones is 2. The molecule has 5 nitrogen and oxygen atoms in total. The van der Waals surface area contributed by atoms with Crippen molar-refractivity contribution in [2.75, 3.05) is 6.61 Å². The Kier molecular flexibility index (Phi) is 4.11. The van der Waals surface area contributed by atoms with E-state index >= 15 is 8.78 Å². The van der Waals surface area contributed by atoms with Crippen molar-refractivity contribution in [3.05, 3.63) is 23.8 Å². The molecule has 4 aliphatic carbocycles.